The summed E-state index contributed by atoms with van der Waals surface area (Å²) < 4.78 is 0. The Morgan fingerprint density at radius 2 is 1.36 bits per heavy atom. The summed E-state index contributed by atoms with van der Waals surface area (Å²) in [5.41, 5.74) is 4.18. The molecule has 2 heterocycles. The maximum Gasteiger partial charge on any atom is 0.142 e. The quantitative estimate of drug-likeness (QED) is 0.420. The van der Waals surface area contributed by atoms with Crippen molar-refractivity contribution in [2.24, 2.45) is 11.8 Å². The molecule has 4 aromatic rings. The van der Waals surface area contributed by atoms with Crippen molar-refractivity contribution in [1.29, 1.82) is 0 Å². The fourth-order valence-corrected chi connectivity index (χ4v) is 5.04. The molecule has 1 N–H and O–H groups in total. The van der Waals surface area contributed by atoms with Crippen LogP contribution in [0.25, 0.3) is 11.0 Å². The van der Waals surface area contributed by atoms with Crippen LogP contribution in [0.1, 0.15) is 42.9 Å². The minimum absolute atomic E-state index is 0.157. The van der Waals surface area contributed by atoms with Gasteiger partial charge < -0.3 is 4.98 Å². The number of carbonyl (C=O) groups excluding carboxylic acids is 1. The van der Waals surface area contributed by atoms with Gasteiger partial charge in [-0.05, 0) is 23.3 Å². The third-order valence-electron chi connectivity index (χ3n) is 6.69. The van der Waals surface area contributed by atoms with E-state index in [4.69, 9.17) is 4.84 Å². The van der Waals surface area contributed by atoms with Crippen LogP contribution >= 0.6 is 0 Å². The summed E-state index contributed by atoms with van der Waals surface area (Å²) in [6.07, 6.45) is 0.658. The first-order chi connectivity index (χ1) is 16.1. The van der Waals surface area contributed by atoms with E-state index in [-0.39, 0.29) is 29.7 Å². The second-order valence-electron chi connectivity index (χ2n) is 8.83. The number of fused-ring (bicyclic) bond motifs is 1. The van der Waals surface area contributed by atoms with E-state index < -0.39 is 0 Å². The molecule has 33 heavy (non-hydrogen) atoms. The number of H-pyrrole nitrogens is 1. The highest BCUT2D eigenvalue weighted by molar-refractivity contribution is 5.85. The van der Waals surface area contributed by atoms with Crippen molar-refractivity contribution >= 4 is 16.8 Å². The molecule has 5 rings (SSSR count). The molecule has 168 valence electrons. The van der Waals surface area contributed by atoms with Gasteiger partial charge in [0, 0.05) is 18.3 Å². The lowest BCUT2D eigenvalue weighted by atomic mass is 9.76. The molecule has 1 fully saturated rings. The molecule has 3 aromatic carbocycles. The Morgan fingerprint density at radius 1 is 0.818 bits per heavy atom. The van der Waals surface area contributed by atoms with Crippen molar-refractivity contribution in [3.05, 3.63) is 102 Å². The molecular formula is C28H29N3O2. The monoisotopic (exact) mass is 439 g/mol. The van der Waals surface area contributed by atoms with Crippen LogP contribution in [-0.4, -0.2) is 27.4 Å². The lowest BCUT2D eigenvalue weighted by molar-refractivity contribution is -0.246. The lowest BCUT2D eigenvalue weighted by Crippen LogP contribution is -2.49. The van der Waals surface area contributed by atoms with Crippen LogP contribution in [-0.2, 0) is 16.1 Å². The average molecular weight is 440 g/mol. The number of nitrogens with zero attached hydrogens (tertiary/aromatic N) is 2. The van der Waals surface area contributed by atoms with Crippen LogP contribution in [0.2, 0.25) is 0 Å². The molecule has 0 spiro atoms. The number of hydrogen-bond acceptors (Lipinski definition) is 4. The van der Waals surface area contributed by atoms with Crippen LogP contribution in [0.5, 0.6) is 0 Å². The fraction of sp³-hybridized carbons (Fsp3) is 0.286. The van der Waals surface area contributed by atoms with E-state index in [0.29, 0.717) is 13.0 Å². The van der Waals surface area contributed by atoms with Gasteiger partial charge in [0.05, 0.1) is 29.7 Å². The van der Waals surface area contributed by atoms with Gasteiger partial charge in [0.15, 0.2) is 0 Å². The molecule has 1 saturated heterocycles. The van der Waals surface area contributed by atoms with E-state index in [1.807, 2.05) is 74.5 Å². The van der Waals surface area contributed by atoms with E-state index in [2.05, 4.69) is 39.3 Å². The van der Waals surface area contributed by atoms with Crippen LogP contribution in [0.15, 0.2) is 84.9 Å². The van der Waals surface area contributed by atoms with Gasteiger partial charge in [-0.15, -0.1) is 0 Å². The Labute approximate surface area is 194 Å². The SMILES string of the molecule is C[C@@H]1C(=O)[C@H](C)C(c2ccccc2)N(OCCc2nc3ccccc3[nH]2)C1c1ccccc1. The minimum atomic E-state index is -0.173. The number of hydrogen-bond donors (Lipinski definition) is 1. The van der Waals surface area contributed by atoms with E-state index >= 15 is 0 Å². The van der Waals surface area contributed by atoms with Crippen LogP contribution in [0.3, 0.4) is 0 Å². The topological polar surface area (TPSA) is 58.2 Å². The number of aromatic amines is 1. The first-order valence-electron chi connectivity index (χ1n) is 11.6. The molecule has 1 aliphatic rings. The summed E-state index contributed by atoms with van der Waals surface area (Å²) in [5, 5.41) is 2.07. The summed E-state index contributed by atoms with van der Waals surface area (Å²) in [6, 6.07) is 28.2. The normalized spacial score (nSPS) is 23.8. The molecule has 1 aromatic heterocycles. The highest BCUT2D eigenvalue weighted by Gasteiger charge is 2.46. The molecule has 5 heteroatoms. The Hall–Kier alpha value is -3.28. The number of hydroxylamine groups is 2. The second-order valence-corrected chi connectivity index (χ2v) is 8.83. The summed E-state index contributed by atoms with van der Waals surface area (Å²) in [7, 11) is 0. The molecule has 0 bridgehead atoms. The highest BCUT2D eigenvalue weighted by Crippen LogP contribution is 2.46. The van der Waals surface area contributed by atoms with Crippen LogP contribution in [0, 0.1) is 11.8 Å². The Bertz CT molecular complexity index is 1130. The number of benzene rings is 3. The molecule has 0 aliphatic carbocycles. The molecule has 5 nitrogen and oxygen atoms in total. The van der Waals surface area contributed by atoms with Crippen molar-refractivity contribution in [1.82, 2.24) is 15.0 Å². The van der Waals surface area contributed by atoms with Crippen molar-refractivity contribution in [3.63, 3.8) is 0 Å². The van der Waals surface area contributed by atoms with E-state index in [1.165, 1.54) is 0 Å². The van der Waals surface area contributed by atoms with Gasteiger partial charge in [0.2, 0.25) is 0 Å². The predicted molar refractivity (Wildman–Crippen MR) is 129 cm³/mol. The Kier molecular flexibility index (Phi) is 6.07. The zero-order valence-electron chi connectivity index (χ0n) is 19.0. The molecule has 0 amide bonds. The van der Waals surface area contributed by atoms with E-state index in [9.17, 15) is 4.79 Å². The maximum atomic E-state index is 13.3. The first kappa shape index (κ1) is 21.6. The zero-order chi connectivity index (χ0) is 22.8. The summed E-state index contributed by atoms with van der Waals surface area (Å²) in [6.45, 7) is 4.51. The zero-order valence-corrected chi connectivity index (χ0v) is 19.0. The molecular weight excluding hydrogens is 410 g/mol. The van der Waals surface area contributed by atoms with Crippen molar-refractivity contribution in [2.75, 3.05) is 6.61 Å². The number of rotatable bonds is 6. The summed E-state index contributed by atoms with van der Waals surface area (Å²) in [4.78, 5) is 27.9. The van der Waals surface area contributed by atoms with E-state index in [1.54, 1.807) is 0 Å². The maximum absolute atomic E-state index is 13.3. The number of piperidine rings is 1. The van der Waals surface area contributed by atoms with Gasteiger partial charge in [0.25, 0.3) is 0 Å². The number of nitrogens with one attached hydrogen (secondary N) is 1. The number of para-hydroxylation sites is 2. The van der Waals surface area contributed by atoms with Gasteiger partial charge in [-0.2, -0.15) is 5.06 Å². The number of Topliss-reactive ketones (excluding diaryl/α,β-unsaturated/α-hetero) is 1. The van der Waals surface area contributed by atoms with Crippen molar-refractivity contribution < 1.29 is 9.63 Å². The third kappa shape index (κ3) is 4.22. The van der Waals surface area contributed by atoms with Gasteiger partial charge in [0.1, 0.15) is 11.6 Å². The van der Waals surface area contributed by atoms with Gasteiger partial charge in [-0.25, -0.2) is 4.98 Å². The third-order valence-corrected chi connectivity index (χ3v) is 6.69. The Morgan fingerprint density at radius 3 is 1.94 bits per heavy atom. The molecule has 0 radical (unpaired) electrons. The highest BCUT2D eigenvalue weighted by atomic mass is 16.7. The standard InChI is InChI=1S/C28H29N3O2/c1-19-26(21-11-5-3-6-12-21)31(27(20(2)28(19)32)22-13-7-4-8-14-22)33-18-17-25-29-23-15-9-10-16-24(23)30-25/h3-16,19-20,26-27H,17-18H2,1-2H3,(H,29,30)/t19-,20+,26?,27?. The largest absolute Gasteiger partial charge is 0.342 e. The number of imidazole rings is 1. The minimum Gasteiger partial charge on any atom is -0.342 e. The van der Waals surface area contributed by atoms with Gasteiger partial charge in [-0.1, -0.05) is 86.6 Å². The Balaban J connectivity index is 1.45. The molecule has 0 saturated carbocycles. The van der Waals surface area contributed by atoms with E-state index in [0.717, 1.165) is 28.0 Å². The summed E-state index contributed by atoms with van der Waals surface area (Å²) >= 11 is 0. The van der Waals surface area contributed by atoms with Gasteiger partial charge in [-0.3, -0.25) is 9.63 Å². The van der Waals surface area contributed by atoms with Crippen LogP contribution in [0.4, 0.5) is 0 Å². The second kappa shape index (κ2) is 9.30. The molecule has 4 atom stereocenters. The smallest absolute Gasteiger partial charge is 0.142 e. The average Bonchev–Trinajstić information content (AvgIpc) is 3.27. The fourth-order valence-electron chi connectivity index (χ4n) is 5.04. The predicted octanol–water partition coefficient (Wildman–Crippen LogP) is 5.68. The molecule has 2 unspecified atom stereocenters. The number of ketones is 1. The number of aromatic nitrogens is 2. The lowest BCUT2D eigenvalue weighted by Gasteiger charge is -2.47. The molecule has 1 aliphatic heterocycles. The van der Waals surface area contributed by atoms with Crippen LogP contribution < -0.4 is 0 Å². The van der Waals surface area contributed by atoms with Gasteiger partial charge >= 0.3 is 0 Å². The van der Waals surface area contributed by atoms with Crippen molar-refractivity contribution in [2.45, 2.75) is 32.4 Å². The number of carbonyl (C=O) groups is 1. The summed E-state index contributed by atoms with van der Waals surface area (Å²) in [5.74, 6) is 0.829. The first-order valence-corrected chi connectivity index (χ1v) is 11.6. The van der Waals surface area contributed by atoms with Crippen molar-refractivity contribution in [3.8, 4) is 0 Å².